The molecule has 1 N–H and O–H groups in total. The summed E-state index contributed by atoms with van der Waals surface area (Å²) in [6.45, 7) is -0.901. The Morgan fingerprint density at radius 3 is 2.66 bits per heavy atom. The second-order valence-corrected chi connectivity index (χ2v) is 8.11. The molecule has 0 saturated heterocycles. The third-order valence-corrected chi connectivity index (χ3v) is 5.78. The van der Waals surface area contributed by atoms with E-state index in [1.54, 1.807) is 0 Å². The van der Waals surface area contributed by atoms with Crippen LogP contribution in [0.5, 0.6) is 0 Å². The van der Waals surface area contributed by atoms with Crippen LogP contribution in [0.15, 0.2) is 36.9 Å². The van der Waals surface area contributed by atoms with Crippen LogP contribution < -0.4 is 10.2 Å². The molecule has 0 spiro atoms. The van der Waals surface area contributed by atoms with E-state index >= 15 is 0 Å². The molecule has 182 valence electrons. The van der Waals surface area contributed by atoms with E-state index < -0.39 is 42.0 Å². The maximum Gasteiger partial charge on any atom is 0.405 e. The van der Waals surface area contributed by atoms with Crippen LogP contribution in [0.3, 0.4) is 0 Å². The molecule has 2 amide bonds. The van der Waals surface area contributed by atoms with E-state index in [0.717, 1.165) is 34.1 Å². The van der Waals surface area contributed by atoms with Gasteiger partial charge < -0.3 is 5.32 Å². The number of nitrogens with zero attached hydrogens (tertiary/aromatic N) is 8. The van der Waals surface area contributed by atoms with Crippen molar-refractivity contribution in [2.45, 2.75) is 18.0 Å². The molecule has 4 aromatic rings. The first kappa shape index (κ1) is 22.9. The lowest BCUT2D eigenvalue weighted by Gasteiger charge is -2.31. The molecular formula is C19H13ClF5N9O. The fraction of sp³-hybridized carbons (Fsp3) is 0.263. The van der Waals surface area contributed by atoms with Crippen molar-refractivity contribution in [3.05, 3.63) is 59.0 Å². The topological polar surface area (TPSA) is 106 Å². The number of aromatic nitrogens is 7. The monoisotopic (exact) mass is 513 g/mol. The molecule has 1 unspecified atom stereocenters. The fourth-order valence-electron chi connectivity index (χ4n) is 4.08. The van der Waals surface area contributed by atoms with Gasteiger partial charge in [0.25, 0.3) is 6.43 Å². The number of amides is 2. The molecule has 1 aliphatic heterocycles. The first-order valence-electron chi connectivity index (χ1n) is 9.81. The summed E-state index contributed by atoms with van der Waals surface area (Å²) >= 11 is 5.95. The SMILES string of the molecule is Cn1cc(C2(C(F)(F)F)CN(C(=O)Nc3cnnc(C(F)F)c3)c3cnc4cc(Cl)nn4c32)cn1. The molecule has 0 saturated carbocycles. The molecule has 0 aliphatic carbocycles. The minimum absolute atomic E-state index is 0.0356. The number of carbonyl (C=O) groups excluding carboxylic acids is 1. The summed E-state index contributed by atoms with van der Waals surface area (Å²) in [6.07, 6.45) is -3.55. The van der Waals surface area contributed by atoms with Gasteiger partial charge in [-0.25, -0.2) is 23.1 Å². The normalized spacial score (nSPS) is 17.9. The summed E-state index contributed by atoms with van der Waals surface area (Å²) in [5, 5.41) is 16.7. The van der Waals surface area contributed by atoms with Crippen molar-refractivity contribution in [1.29, 1.82) is 0 Å². The maximum absolute atomic E-state index is 14.9. The number of carbonyl (C=O) groups is 1. The number of rotatable bonds is 3. The van der Waals surface area contributed by atoms with E-state index in [4.69, 9.17) is 11.6 Å². The Morgan fingerprint density at radius 1 is 1.23 bits per heavy atom. The van der Waals surface area contributed by atoms with Crippen molar-refractivity contribution in [1.82, 2.24) is 34.6 Å². The molecule has 1 atom stereocenters. The van der Waals surface area contributed by atoms with Crippen molar-refractivity contribution in [2.75, 3.05) is 16.8 Å². The highest BCUT2D eigenvalue weighted by Gasteiger charge is 2.65. The number of hydrogen-bond acceptors (Lipinski definition) is 6. The Balaban J connectivity index is 1.68. The average Bonchev–Trinajstić information content (AvgIpc) is 3.47. The zero-order chi connectivity index (χ0) is 25.1. The first-order valence-corrected chi connectivity index (χ1v) is 10.2. The number of halogens is 6. The summed E-state index contributed by atoms with van der Waals surface area (Å²) in [5.41, 5.74) is -4.45. The van der Waals surface area contributed by atoms with Crippen LogP contribution in [0, 0.1) is 0 Å². The molecule has 10 nitrogen and oxygen atoms in total. The van der Waals surface area contributed by atoms with Gasteiger partial charge in [-0.1, -0.05) is 11.6 Å². The number of urea groups is 1. The number of alkyl halides is 5. The van der Waals surface area contributed by atoms with Crippen LogP contribution in [-0.2, 0) is 12.5 Å². The molecule has 0 radical (unpaired) electrons. The maximum atomic E-state index is 14.9. The standard InChI is InChI=1S/C19H13ClF5N9O/c1-32-7-9(4-28-32)18(19(23,24)25)8-33(12-6-26-14-3-13(20)31-34(14)15(12)18)17(35)29-10-2-11(16(21)22)30-27-5-10/h2-7,16H,8H2,1H3,(H,29,30,35). The zero-order valence-corrected chi connectivity index (χ0v) is 18.3. The molecule has 0 fully saturated rings. The minimum Gasteiger partial charge on any atom is -0.306 e. The molecule has 16 heteroatoms. The summed E-state index contributed by atoms with van der Waals surface area (Å²) in [5.74, 6) is 0. The van der Waals surface area contributed by atoms with Crippen molar-refractivity contribution in [2.24, 2.45) is 7.05 Å². The van der Waals surface area contributed by atoms with E-state index in [-0.39, 0.29) is 27.7 Å². The van der Waals surface area contributed by atoms with Crippen molar-refractivity contribution >= 4 is 34.7 Å². The lowest BCUT2D eigenvalue weighted by atomic mass is 9.79. The van der Waals surface area contributed by atoms with Gasteiger partial charge in [-0.15, -0.1) is 5.10 Å². The third kappa shape index (κ3) is 3.53. The van der Waals surface area contributed by atoms with Gasteiger partial charge in [0.05, 0.1) is 42.2 Å². The van der Waals surface area contributed by atoms with Crippen LogP contribution in [0.2, 0.25) is 5.15 Å². The lowest BCUT2D eigenvalue weighted by molar-refractivity contribution is -0.174. The van der Waals surface area contributed by atoms with E-state index in [0.29, 0.717) is 0 Å². The van der Waals surface area contributed by atoms with Gasteiger partial charge in [0.1, 0.15) is 5.69 Å². The molecule has 35 heavy (non-hydrogen) atoms. The van der Waals surface area contributed by atoms with E-state index in [9.17, 15) is 26.7 Å². The molecular weight excluding hydrogens is 501 g/mol. The van der Waals surface area contributed by atoms with Gasteiger partial charge in [-0.05, 0) is 6.07 Å². The number of fused-ring (bicyclic) bond motifs is 3. The van der Waals surface area contributed by atoms with Gasteiger partial charge in [0.2, 0.25) is 0 Å². The number of aryl methyl sites for hydroxylation is 1. The van der Waals surface area contributed by atoms with Crippen LogP contribution in [0.4, 0.5) is 38.1 Å². The molecule has 0 aromatic carbocycles. The van der Waals surface area contributed by atoms with Gasteiger partial charge >= 0.3 is 12.2 Å². The predicted molar refractivity (Wildman–Crippen MR) is 111 cm³/mol. The van der Waals surface area contributed by atoms with E-state index in [1.807, 2.05) is 0 Å². The van der Waals surface area contributed by atoms with Crippen molar-refractivity contribution < 1.29 is 26.7 Å². The first-order chi connectivity index (χ1) is 16.5. The molecule has 1 aliphatic rings. The van der Waals surface area contributed by atoms with Crippen molar-refractivity contribution in [3.63, 3.8) is 0 Å². The van der Waals surface area contributed by atoms with Crippen LogP contribution in [0.1, 0.15) is 23.4 Å². The van der Waals surface area contributed by atoms with Crippen LogP contribution in [0.25, 0.3) is 5.65 Å². The van der Waals surface area contributed by atoms with Gasteiger partial charge in [0.15, 0.2) is 16.2 Å². The van der Waals surface area contributed by atoms with Gasteiger partial charge in [-0.3, -0.25) is 9.58 Å². The Morgan fingerprint density at radius 2 is 2.00 bits per heavy atom. The highest BCUT2D eigenvalue weighted by molar-refractivity contribution is 6.29. The van der Waals surface area contributed by atoms with Gasteiger partial charge in [-0.2, -0.15) is 28.5 Å². The number of nitrogens with one attached hydrogen (secondary N) is 1. The Labute approximate surface area is 197 Å². The van der Waals surface area contributed by atoms with E-state index in [1.165, 1.54) is 24.0 Å². The Kier molecular flexibility index (Phi) is 5.12. The Hall–Kier alpha value is -3.88. The molecule has 0 bridgehead atoms. The quantitative estimate of drug-likeness (QED) is 0.418. The molecule has 4 aromatic heterocycles. The molecule has 5 rings (SSSR count). The number of hydrogen-bond donors (Lipinski definition) is 1. The van der Waals surface area contributed by atoms with E-state index in [2.05, 4.69) is 30.7 Å². The minimum atomic E-state index is -4.92. The third-order valence-electron chi connectivity index (χ3n) is 5.60. The van der Waals surface area contributed by atoms with Crippen molar-refractivity contribution in [3.8, 4) is 0 Å². The second kappa shape index (κ2) is 7.83. The summed E-state index contributed by atoms with van der Waals surface area (Å²) in [6, 6.07) is 1.12. The smallest absolute Gasteiger partial charge is 0.306 e. The van der Waals surface area contributed by atoms with Crippen LogP contribution >= 0.6 is 11.6 Å². The molecule has 5 heterocycles. The summed E-state index contributed by atoms with van der Waals surface area (Å²) < 4.78 is 72.9. The predicted octanol–water partition coefficient (Wildman–Crippen LogP) is 3.74. The Bertz CT molecular complexity index is 1450. The lowest BCUT2D eigenvalue weighted by Crippen LogP contribution is -2.49. The van der Waals surface area contributed by atoms with Crippen LogP contribution in [-0.4, -0.2) is 53.3 Å². The summed E-state index contributed by atoms with van der Waals surface area (Å²) in [4.78, 5) is 18.0. The highest BCUT2D eigenvalue weighted by atomic mass is 35.5. The number of anilines is 2. The summed E-state index contributed by atoms with van der Waals surface area (Å²) in [7, 11) is 1.46. The average molecular weight is 514 g/mol. The fourth-order valence-corrected chi connectivity index (χ4v) is 4.25. The largest absolute Gasteiger partial charge is 0.405 e. The van der Waals surface area contributed by atoms with Gasteiger partial charge in [0, 0.05) is 24.9 Å². The second-order valence-electron chi connectivity index (χ2n) is 7.72. The highest BCUT2D eigenvalue weighted by Crippen LogP contribution is 2.54. The zero-order valence-electron chi connectivity index (χ0n) is 17.5.